The number of carbonyl (C=O) groups is 2. The summed E-state index contributed by atoms with van der Waals surface area (Å²) < 4.78 is 0. The van der Waals surface area contributed by atoms with E-state index in [9.17, 15) is 9.59 Å². The van der Waals surface area contributed by atoms with Crippen LogP contribution in [0.25, 0.3) is 0 Å². The molecular formula is C17H30N2O3. The molecule has 2 aliphatic rings. The molecule has 5 nitrogen and oxygen atoms in total. The van der Waals surface area contributed by atoms with Gasteiger partial charge in [0.25, 0.3) is 0 Å². The Morgan fingerprint density at radius 1 is 1.14 bits per heavy atom. The Morgan fingerprint density at radius 3 is 2.14 bits per heavy atom. The van der Waals surface area contributed by atoms with E-state index in [0.29, 0.717) is 24.2 Å². The van der Waals surface area contributed by atoms with Crippen LogP contribution in [0.1, 0.15) is 59.3 Å². The number of piperidine rings is 1. The van der Waals surface area contributed by atoms with Crippen LogP contribution in [0.4, 0.5) is 4.79 Å². The summed E-state index contributed by atoms with van der Waals surface area (Å²) in [5.41, 5.74) is 0.344. The number of hydrogen-bond donors (Lipinski definition) is 2. The largest absolute Gasteiger partial charge is 0.481 e. The van der Waals surface area contributed by atoms with Crippen LogP contribution in [0.3, 0.4) is 0 Å². The molecule has 1 saturated carbocycles. The number of carbonyl (C=O) groups excluding carboxylic acids is 1. The highest BCUT2D eigenvalue weighted by Crippen LogP contribution is 2.38. The van der Waals surface area contributed by atoms with E-state index >= 15 is 0 Å². The highest BCUT2D eigenvalue weighted by Gasteiger charge is 2.35. The number of urea groups is 1. The van der Waals surface area contributed by atoms with Gasteiger partial charge in [-0.05, 0) is 49.9 Å². The van der Waals surface area contributed by atoms with E-state index in [0.717, 1.165) is 38.8 Å². The molecule has 0 bridgehead atoms. The molecule has 1 heterocycles. The van der Waals surface area contributed by atoms with Crippen molar-refractivity contribution < 1.29 is 14.7 Å². The summed E-state index contributed by atoms with van der Waals surface area (Å²) in [6, 6.07) is 0.172. The SMILES string of the molecule is CC(C)C1(C)CCN(C(=O)NC2CCC(C(=O)O)CC2)CC1. The molecule has 1 saturated heterocycles. The van der Waals surface area contributed by atoms with Gasteiger partial charge in [-0.2, -0.15) is 0 Å². The summed E-state index contributed by atoms with van der Waals surface area (Å²) in [6.07, 6.45) is 5.02. The van der Waals surface area contributed by atoms with Crippen molar-refractivity contribution in [3.05, 3.63) is 0 Å². The van der Waals surface area contributed by atoms with Gasteiger partial charge in [-0.15, -0.1) is 0 Å². The number of carboxylic acid groups (broad SMARTS) is 1. The van der Waals surface area contributed by atoms with Gasteiger partial charge >= 0.3 is 12.0 Å². The third kappa shape index (κ3) is 3.93. The van der Waals surface area contributed by atoms with Crippen LogP contribution in [-0.4, -0.2) is 41.1 Å². The number of rotatable bonds is 3. The molecule has 0 spiro atoms. The lowest BCUT2D eigenvalue weighted by Crippen LogP contribution is -2.51. The Kier molecular flexibility index (Phi) is 5.35. The Hall–Kier alpha value is -1.26. The molecule has 0 aromatic rings. The molecule has 5 heteroatoms. The summed E-state index contributed by atoms with van der Waals surface area (Å²) in [6.45, 7) is 8.49. The number of amides is 2. The van der Waals surface area contributed by atoms with Crippen LogP contribution >= 0.6 is 0 Å². The molecule has 126 valence electrons. The fourth-order valence-corrected chi connectivity index (χ4v) is 3.55. The van der Waals surface area contributed by atoms with Crippen molar-refractivity contribution in [1.82, 2.24) is 10.2 Å². The van der Waals surface area contributed by atoms with Crippen LogP contribution < -0.4 is 5.32 Å². The van der Waals surface area contributed by atoms with Gasteiger partial charge in [-0.3, -0.25) is 4.79 Å². The van der Waals surface area contributed by atoms with E-state index < -0.39 is 5.97 Å². The molecule has 0 radical (unpaired) electrons. The first-order valence-corrected chi connectivity index (χ1v) is 8.60. The highest BCUT2D eigenvalue weighted by atomic mass is 16.4. The molecule has 2 amide bonds. The maximum absolute atomic E-state index is 12.4. The minimum Gasteiger partial charge on any atom is -0.481 e. The molecule has 0 aromatic heterocycles. The summed E-state index contributed by atoms with van der Waals surface area (Å²) >= 11 is 0. The molecule has 1 aliphatic carbocycles. The van der Waals surface area contributed by atoms with Crippen LogP contribution in [0.15, 0.2) is 0 Å². The molecule has 22 heavy (non-hydrogen) atoms. The Bertz CT molecular complexity index is 406. The summed E-state index contributed by atoms with van der Waals surface area (Å²) in [4.78, 5) is 25.2. The Morgan fingerprint density at radius 2 is 1.68 bits per heavy atom. The third-order valence-corrected chi connectivity index (χ3v) is 5.99. The zero-order valence-electron chi connectivity index (χ0n) is 14.1. The first-order chi connectivity index (χ1) is 10.3. The zero-order chi connectivity index (χ0) is 16.3. The monoisotopic (exact) mass is 310 g/mol. The van der Waals surface area contributed by atoms with Crippen LogP contribution in [0.2, 0.25) is 0 Å². The Balaban J connectivity index is 1.76. The van der Waals surface area contributed by atoms with Gasteiger partial charge in [0.2, 0.25) is 0 Å². The van der Waals surface area contributed by atoms with Gasteiger partial charge in [-0.25, -0.2) is 4.79 Å². The van der Waals surface area contributed by atoms with Crippen LogP contribution in [0, 0.1) is 17.3 Å². The van der Waals surface area contributed by atoms with Crippen molar-refractivity contribution in [1.29, 1.82) is 0 Å². The fourth-order valence-electron chi connectivity index (χ4n) is 3.55. The second-order valence-corrected chi connectivity index (χ2v) is 7.63. The van der Waals surface area contributed by atoms with Crippen LogP contribution in [0.5, 0.6) is 0 Å². The minimum absolute atomic E-state index is 0.0320. The van der Waals surface area contributed by atoms with Crippen molar-refractivity contribution in [2.24, 2.45) is 17.3 Å². The smallest absolute Gasteiger partial charge is 0.317 e. The minimum atomic E-state index is -0.700. The van der Waals surface area contributed by atoms with Crippen molar-refractivity contribution >= 4 is 12.0 Å². The number of likely N-dealkylation sites (tertiary alicyclic amines) is 1. The molecule has 2 N–H and O–H groups in total. The number of nitrogens with one attached hydrogen (secondary N) is 1. The fraction of sp³-hybridized carbons (Fsp3) is 0.882. The molecular weight excluding hydrogens is 280 g/mol. The maximum atomic E-state index is 12.4. The van der Waals surface area contributed by atoms with E-state index in [1.807, 2.05) is 4.90 Å². The van der Waals surface area contributed by atoms with Gasteiger partial charge in [0, 0.05) is 19.1 Å². The van der Waals surface area contributed by atoms with E-state index in [2.05, 4.69) is 26.1 Å². The van der Waals surface area contributed by atoms with Gasteiger partial charge < -0.3 is 15.3 Å². The lowest BCUT2D eigenvalue weighted by molar-refractivity contribution is -0.142. The van der Waals surface area contributed by atoms with Gasteiger partial charge in [0.15, 0.2) is 0 Å². The van der Waals surface area contributed by atoms with Crippen molar-refractivity contribution in [3.8, 4) is 0 Å². The van der Waals surface area contributed by atoms with Crippen LogP contribution in [-0.2, 0) is 4.79 Å². The second-order valence-electron chi connectivity index (χ2n) is 7.63. The Labute approximate surface area is 133 Å². The van der Waals surface area contributed by atoms with Gasteiger partial charge in [0.1, 0.15) is 0 Å². The topological polar surface area (TPSA) is 69.6 Å². The number of carboxylic acids is 1. The predicted octanol–water partition coefficient (Wildman–Crippen LogP) is 3.10. The van der Waals surface area contributed by atoms with E-state index in [-0.39, 0.29) is 18.0 Å². The molecule has 0 aromatic carbocycles. The first kappa shape index (κ1) is 17.1. The standard InChI is InChI=1S/C17H30N2O3/c1-12(2)17(3)8-10-19(11-9-17)16(22)18-14-6-4-13(5-7-14)15(20)21/h12-14H,4-11H2,1-3H3,(H,18,22)(H,20,21). The van der Waals surface area contributed by atoms with E-state index in [4.69, 9.17) is 5.11 Å². The zero-order valence-corrected chi connectivity index (χ0v) is 14.1. The number of nitrogens with zero attached hydrogens (tertiary/aromatic N) is 1. The van der Waals surface area contributed by atoms with Crippen molar-refractivity contribution in [2.75, 3.05) is 13.1 Å². The average molecular weight is 310 g/mol. The summed E-state index contributed by atoms with van der Waals surface area (Å²) in [5, 5.41) is 12.1. The molecule has 2 rings (SSSR count). The molecule has 0 atom stereocenters. The molecule has 1 aliphatic heterocycles. The maximum Gasteiger partial charge on any atom is 0.317 e. The predicted molar refractivity (Wildman–Crippen MR) is 85.7 cm³/mol. The van der Waals surface area contributed by atoms with Gasteiger partial charge in [0.05, 0.1) is 5.92 Å². The average Bonchev–Trinajstić information content (AvgIpc) is 2.48. The summed E-state index contributed by atoms with van der Waals surface area (Å²) in [7, 11) is 0. The lowest BCUT2D eigenvalue weighted by atomic mass is 9.72. The quantitative estimate of drug-likeness (QED) is 0.841. The molecule has 0 unspecified atom stereocenters. The van der Waals surface area contributed by atoms with E-state index in [1.165, 1.54) is 0 Å². The summed E-state index contributed by atoms with van der Waals surface area (Å²) in [5.74, 6) is -0.285. The van der Waals surface area contributed by atoms with Crippen molar-refractivity contribution in [2.45, 2.75) is 65.3 Å². The molecule has 2 fully saturated rings. The first-order valence-electron chi connectivity index (χ1n) is 8.60. The van der Waals surface area contributed by atoms with Crippen molar-refractivity contribution in [3.63, 3.8) is 0 Å². The highest BCUT2D eigenvalue weighted by molar-refractivity contribution is 5.75. The number of aliphatic carboxylic acids is 1. The van der Waals surface area contributed by atoms with Gasteiger partial charge in [-0.1, -0.05) is 20.8 Å². The third-order valence-electron chi connectivity index (χ3n) is 5.99. The second kappa shape index (κ2) is 6.88. The normalized spacial score (nSPS) is 28.5. The number of hydrogen-bond acceptors (Lipinski definition) is 2. The van der Waals surface area contributed by atoms with E-state index in [1.54, 1.807) is 0 Å². The lowest BCUT2D eigenvalue weighted by Gasteiger charge is -2.42.